The molecule has 0 saturated heterocycles. The molecule has 22 heavy (non-hydrogen) atoms. The summed E-state index contributed by atoms with van der Waals surface area (Å²) in [6.45, 7) is 1.17. The molecular weight excluding hydrogens is 300 g/mol. The third-order valence-electron chi connectivity index (χ3n) is 3.50. The summed E-state index contributed by atoms with van der Waals surface area (Å²) in [6, 6.07) is 11.8. The predicted molar refractivity (Wildman–Crippen MR) is 90.7 cm³/mol. The number of fused-ring (bicyclic) bond motifs is 2. The largest absolute Gasteiger partial charge is 0.383 e. The average molecular weight is 317 g/mol. The Balaban J connectivity index is 2.12. The highest BCUT2D eigenvalue weighted by atomic mass is 35.5. The van der Waals surface area contributed by atoms with Gasteiger partial charge in [-0.2, -0.15) is 0 Å². The van der Waals surface area contributed by atoms with Gasteiger partial charge in [-0.3, -0.25) is 4.99 Å². The van der Waals surface area contributed by atoms with E-state index in [4.69, 9.17) is 16.3 Å². The van der Waals surface area contributed by atoms with Crippen LogP contribution in [-0.2, 0) is 4.74 Å². The Morgan fingerprint density at radius 1 is 1.27 bits per heavy atom. The van der Waals surface area contributed by atoms with Crippen molar-refractivity contribution < 1.29 is 4.74 Å². The van der Waals surface area contributed by atoms with Gasteiger partial charge in [-0.1, -0.05) is 23.7 Å². The third kappa shape index (κ3) is 2.77. The second kappa shape index (κ2) is 6.34. The monoisotopic (exact) mass is 316 g/mol. The molecule has 0 unspecified atom stereocenters. The number of anilines is 3. The molecule has 3 rings (SSSR count). The van der Waals surface area contributed by atoms with E-state index in [0.29, 0.717) is 18.3 Å². The Bertz CT molecular complexity index is 717. The Morgan fingerprint density at radius 2 is 2.09 bits per heavy atom. The van der Waals surface area contributed by atoms with E-state index < -0.39 is 0 Å². The van der Waals surface area contributed by atoms with E-state index in [9.17, 15) is 0 Å². The van der Waals surface area contributed by atoms with Crippen LogP contribution in [0.15, 0.2) is 41.4 Å². The summed E-state index contributed by atoms with van der Waals surface area (Å²) in [4.78, 5) is 11.1. The molecule has 0 radical (unpaired) electrons. The zero-order chi connectivity index (χ0) is 15.5. The van der Waals surface area contributed by atoms with Gasteiger partial charge in [0, 0.05) is 19.7 Å². The number of methoxy groups -OCH3 is 1. The minimum Gasteiger partial charge on any atom is -0.383 e. The van der Waals surface area contributed by atoms with Crippen LogP contribution in [0.2, 0.25) is 5.15 Å². The SMILES string of the molecule is COCCN=C1Nc2ccc(Cl)nc2N(C)c2ccccc21. The van der Waals surface area contributed by atoms with Crippen LogP contribution in [0.3, 0.4) is 0 Å². The fraction of sp³-hybridized carbons (Fsp3) is 0.250. The first-order chi connectivity index (χ1) is 10.7. The van der Waals surface area contributed by atoms with E-state index >= 15 is 0 Å². The molecule has 0 amide bonds. The fourth-order valence-corrected chi connectivity index (χ4v) is 2.57. The highest BCUT2D eigenvalue weighted by Gasteiger charge is 2.22. The molecule has 0 atom stereocenters. The van der Waals surface area contributed by atoms with E-state index in [1.807, 2.05) is 42.3 Å². The van der Waals surface area contributed by atoms with Crippen molar-refractivity contribution >= 4 is 34.6 Å². The van der Waals surface area contributed by atoms with Crippen molar-refractivity contribution in [2.75, 3.05) is 37.5 Å². The molecule has 1 aromatic carbocycles. The van der Waals surface area contributed by atoms with Crippen LogP contribution >= 0.6 is 11.6 Å². The Labute approximate surface area is 134 Å². The summed E-state index contributed by atoms with van der Waals surface area (Å²) < 4.78 is 5.08. The lowest BCUT2D eigenvalue weighted by Gasteiger charge is -2.19. The number of hydrogen-bond acceptors (Lipinski definition) is 4. The number of hydrogen-bond donors (Lipinski definition) is 1. The van der Waals surface area contributed by atoms with E-state index in [0.717, 1.165) is 28.6 Å². The quantitative estimate of drug-likeness (QED) is 0.697. The second-order valence-corrected chi connectivity index (χ2v) is 5.32. The highest BCUT2D eigenvalue weighted by Crippen LogP contribution is 2.35. The van der Waals surface area contributed by atoms with Crippen molar-refractivity contribution in [3.63, 3.8) is 0 Å². The number of benzene rings is 1. The molecule has 1 N–H and O–H groups in total. The minimum absolute atomic E-state index is 0.463. The van der Waals surface area contributed by atoms with Gasteiger partial charge < -0.3 is 15.0 Å². The maximum absolute atomic E-state index is 6.05. The first-order valence-corrected chi connectivity index (χ1v) is 7.38. The molecular formula is C16H17ClN4O. The molecule has 2 heterocycles. The highest BCUT2D eigenvalue weighted by molar-refractivity contribution is 6.29. The number of amidine groups is 1. The van der Waals surface area contributed by atoms with Crippen molar-refractivity contribution in [3.8, 4) is 0 Å². The van der Waals surface area contributed by atoms with Crippen LogP contribution in [0.1, 0.15) is 5.56 Å². The number of aliphatic imine (C=N–C) groups is 1. The number of ether oxygens (including phenoxy) is 1. The van der Waals surface area contributed by atoms with Crippen LogP contribution in [0, 0.1) is 0 Å². The van der Waals surface area contributed by atoms with Gasteiger partial charge in [-0.05, 0) is 24.3 Å². The zero-order valence-corrected chi connectivity index (χ0v) is 13.3. The number of aromatic nitrogens is 1. The lowest BCUT2D eigenvalue weighted by Crippen LogP contribution is -2.15. The van der Waals surface area contributed by atoms with Crippen LogP contribution < -0.4 is 10.2 Å². The number of nitrogens with zero attached hydrogens (tertiary/aromatic N) is 3. The number of halogens is 1. The van der Waals surface area contributed by atoms with Gasteiger partial charge in [0.2, 0.25) is 0 Å². The summed E-state index contributed by atoms with van der Waals surface area (Å²) in [5, 5.41) is 3.83. The summed E-state index contributed by atoms with van der Waals surface area (Å²) in [5.41, 5.74) is 2.93. The smallest absolute Gasteiger partial charge is 0.158 e. The number of nitrogens with one attached hydrogen (secondary N) is 1. The van der Waals surface area contributed by atoms with E-state index in [1.165, 1.54) is 0 Å². The van der Waals surface area contributed by atoms with Crippen molar-refractivity contribution in [2.45, 2.75) is 0 Å². The lowest BCUT2D eigenvalue weighted by molar-refractivity contribution is 0.208. The summed E-state index contributed by atoms with van der Waals surface area (Å²) in [7, 11) is 3.64. The van der Waals surface area contributed by atoms with Gasteiger partial charge in [0.15, 0.2) is 5.82 Å². The van der Waals surface area contributed by atoms with E-state index in [-0.39, 0.29) is 0 Å². The Hall–Kier alpha value is -2.11. The van der Waals surface area contributed by atoms with Crippen LogP contribution in [-0.4, -0.2) is 38.1 Å². The summed E-state index contributed by atoms with van der Waals surface area (Å²) in [5.74, 6) is 1.58. The standard InChI is InChI=1S/C16H17ClN4O/c1-21-13-6-4-3-5-11(13)15(18-9-10-22-2)19-12-7-8-14(17)20-16(12)21/h3-8H,9-10H2,1-2H3,(H,18,19). The topological polar surface area (TPSA) is 49.8 Å². The fourth-order valence-electron chi connectivity index (χ4n) is 2.43. The molecule has 0 bridgehead atoms. The average Bonchev–Trinajstić information content (AvgIpc) is 2.65. The summed E-state index contributed by atoms with van der Waals surface area (Å²) >= 11 is 6.05. The van der Waals surface area contributed by atoms with Gasteiger partial charge in [0.25, 0.3) is 0 Å². The second-order valence-electron chi connectivity index (χ2n) is 4.93. The number of rotatable bonds is 3. The zero-order valence-electron chi connectivity index (χ0n) is 12.5. The molecule has 5 nitrogen and oxygen atoms in total. The van der Waals surface area contributed by atoms with Gasteiger partial charge >= 0.3 is 0 Å². The minimum atomic E-state index is 0.463. The van der Waals surface area contributed by atoms with Crippen LogP contribution in [0.4, 0.5) is 17.2 Å². The number of pyridine rings is 1. The van der Waals surface area contributed by atoms with Crippen molar-refractivity contribution in [1.82, 2.24) is 4.98 Å². The number of para-hydroxylation sites is 1. The molecule has 1 aromatic heterocycles. The van der Waals surface area contributed by atoms with Crippen LogP contribution in [0.25, 0.3) is 0 Å². The maximum atomic E-state index is 6.05. The molecule has 114 valence electrons. The van der Waals surface area contributed by atoms with Gasteiger partial charge in [0.05, 0.1) is 24.5 Å². The molecule has 0 aliphatic carbocycles. The predicted octanol–water partition coefficient (Wildman–Crippen LogP) is 3.32. The Morgan fingerprint density at radius 3 is 2.91 bits per heavy atom. The van der Waals surface area contributed by atoms with Crippen molar-refractivity contribution in [2.24, 2.45) is 4.99 Å². The lowest BCUT2D eigenvalue weighted by atomic mass is 10.1. The molecule has 0 saturated carbocycles. The van der Waals surface area contributed by atoms with Gasteiger partial charge in [-0.25, -0.2) is 4.98 Å². The van der Waals surface area contributed by atoms with Crippen LogP contribution in [0.5, 0.6) is 0 Å². The molecule has 2 aromatic rings. The summed E-state index contributed by atoms with van der Waals surface area (Å²) in [6.07, 6.45) is 0. The molecule has 0 fully saturated rings. The molecule has 1 aliphatic heterocycles. The first kappa shape index (κ1) is 14.8. The van der Waals surface area contributed by atoms with E-state index in [2.05, 4.69) is 15.3 Å². The molecule has 1 aliphatic rings. The van der Waals surface area contributed by atoms with Gasteiger partial charge in [-0.15, -0.1) is 0 Å². The van der Waals surface area contributed by atoms with Gasteiger partial charge in [0.1, 0.15) is 11.0 Å². The molecule has 0 spiro atoms. The molecule has 6 heteroatoms. The van der Waals surface area contributed by atoms with Crippen molar-refractivity contribution in [3.05, 3.63) is 47.1 Å². The third-order valence-corrected chi connectivity index (χ3v) is 3.71. The normalized spacial score (nSPS) is 15.0. The maximum Gasteiger partial charge on any atom is 0.158 e. The first-order valence-electron chi connectivity index (χ1n) is 7.01. The van der Waals surface area contributed by atoms with Crippen molar-refractivity contribution in [1.29, 1.82) is 0 Å². The Kier molecular flexibility index (Phi) is 4.27. The van der Waals surface area contributed by atoms with E-state index in [1.54, 1.807) is 13.2 Å².